The van der Waals surface area contributed by atoms with E-state index in [1.807, 2.05) is 14.1 Å². The number of nitrogens with zero attached hydrogens (tertiary/aromatic N) is 4. The van der Waals surface area contributed by atoms with Crippen LogP contribution in [0.1, 0.15) is 49.8 Å². The maximum absolute atomic E-state index is 12.9. The number of nitrogens with one attached hydrogen (secondary N) is 2. The SMILES string of the molecule is COc1cc(OC)c(N(S)C(=O)NC2CCC(Nc3nc4c(c(N(C)C)n3)CCCC4)CC2)cc1Cl. The fourth-order valence-electron chi connectivity index (χ4n) is 4.93. The molecule has 4 rings (SSSR count). The molecule has 0 aliphatic heterocycles. The lowest BCUT2D eigenvalue weighted by Crippen LogP contribution is -2.44. The van der Waals surface area contributed by atoms with Crippen LogP contribution in [0.25, 0.3) is 0 Å². The first-order chi connectivity index (χ1) is 17.3. The number of carbonyl (C=O) groups is 1. The number of urea groups is 1. The molecular weight excluding hydrogens is 500 g/mol. The molecule has 1 aromatic carbocycles. The van der Waals surface area contributed by atoms with Crippen molar-refractivity contribution in [2.45, 2.75) is 63.5 Å². The zero-order valence-electron chi connectivity index (χ0n) is 21.3. The predicted molar refractivity (Wildman–Crippen MR) is 147 cm³/mol. The van der Waals surface area contributed by atoms with Gasteiger partial charge in [0.2, 0.25) is 5.95 Å². The average molecular weight is 535 g/mol. The molecule has 2 aliphatic carbocycles. The van der Waals surface area contributed by atoms with Crippen LogP contribution in [0.4, 0.5) is 22.2 Å². The molecule has 1 saturated carbocycles. The molecule has 2 aromatic rings. The van der Waals surface area contributed by atoms with Gasteiger partial charge in [0.25, 0.3) is 0 Å². The summed E-state index contributed by atoms with van der Waals surface area (Å²) in [5.74, 6) is 2.63. The van der Waals surface area contributed by atoms with Crippen molar-refractivity contribution in [2.24, 2.45) is 0 Å². The van der Waals surface area contributed by atoms with Crippen LogP contribution in [-0.4, -0.2) is 56.4 Å². The molecule has 0 saturated heterocycles. The standard InChI is InChI=1S/C25H35ClN6O3S/c1-31(2)23-17-7-5-6-8-19(17)29-24(30-23)27-15-9-11-16(12-10-15)28-25(33)32(36)20-13-18(26)21(34-3)14-22(20)35-4/h13-16,36H,5-12H2,1-4H3,(H,28,33)(H,27,29,30). The van der Waals surface area contributed by atoms with Gasteiger partial charge in [0.15, 0.2) is 0 Å². The number of thiol groups is 1. The Morgan fingerprint density at radius 1 is 1.03 bits per heavy atom. The molecule has 0 unspecified atom stereocenters. The van der Waals surface area contributed by atoms with Crippen LogP contribution in [-0.2, 0) is 12.8 Å². The van der Waals surface area contributed by atoms with Crippen LogP contribution < -0.4 is 29.3 Å². The molecule has 1 fully saturated rings. The highest BCUT2D eigenvalue weighted by Crippen LogP contribution is 2.39. The molecule has 1 aromatic heterocycles. The minimum atomic E-state index is -0.331. The van der Waals surface area contributed by atoms with Gasteiger partial charge in [-0.2, -0.15) is 4.98 Å². The summed E-state index contributed by atoms with van der Waals surface area (Å²) in [7, 11) is 7.12. The van der Waals surface area contributed by atoms with Gasteiger partial charge in [-0.15, -0.1) is 0 Å². The van der Waals surface area contributed by atoms with E-state index < -0.39 is 0 Å². The zero-order chi connectivity index (χ0) is 25.8. The molecule has 9 nitrogen and oxygen atoms in total. The van der Waals surface area contributed by atoms with Crippen molar-refractivity contribution >= 4 is 47.9 Å². The van der Waals surface area contributed by atoms with Gasteiger partial charge < -0.3 is 25.0 Å². The minimum absolute atomic E-state index is 0.0479. The monoisotopic (exact) mass is 534 g/mol. The summed E-state index contributed by atoms with van der Waals surface area (Å²) in [6.07, 6.45) is 7.94. The Morgan fingerprint density at radius 3 is 2.36 bits per heavy atom. The van der Waals surface area contributed by atoms with E-state index in [2.05, 4.69) is 28.3 Å². The van der Waals surface area contributed by atoms with Crippen LogP contribution in [0.15, 0.2) is 12.1 Å². The first kappa shape index (κ1) is 26.5. The molecule has 11 heteroatoms. The summed E-state index contributed by atoms with van der Waals surface area (Å²) < 4.78 is 11.8. The first-order valence-electron chi connectivity index (χ1n) is 12.3. The average Bonchev–Trinajstić information content (AvgIpc) is 2.88. The number of ether oxygens (including phenoxy) is 2. The van der Waals surface area contributed by atoms with Crippen molar-refractivity contribution in [1.29, 1.82) is 0 Å². The Balaban J connectivity index is 1.35. The molecular formula is C25H35ClN6O3S. The summed E-state index contributed by atoms with van der Waals surface area (Å²) in [6, 6.07) is 3.22. The van der Waals surface area contributed by atoms with E-state index >= 15 is 0 Å². The molecule has 1 heterocycles. The molecule has 36 heavy (non-hydrogen) atoms. The highest BCUT2D eigenvalue weighted by molar-refractivity contribution is 7.82. The molecule has 0 spiro atoms. The summed E-state index contributed by atoms with van der Waals surface area (Å²) in [4.78, 5) is 24.7. The highest BCUT2D eigenvalue weighted by atomic mass is 35.5. The zero-order valence-corrected chi connectivity index (χ0v) is 23.0. The lowest BCUT2D eigenvalue weighted by Gasteiger charge is -2.31. The largest absolute Gasteiger partial charge is 0.495 e. The van der Waals surface area contributed by atoms with E-state index in [4.69, 9.17) is 31.0 Å². The molecule has 0 atom stereocenters. The number of hydrogen-bond acceptors (Lipinski definition) is 8. The number of fused-ring (bicyclic) bond motifs is 1. The lowest BCUT2D eigenvalue weighted by molar-refractivity contribution is 0.241. The third-order valence-electron chi connectivity index (χ3n) is 6.85. The van der Waals surface area contributed by atoms with Crippen molar-refractivity contribution in [3.63, 3.8) is 0 Å². The van der Waals surface area contributed by atoms with E-state index in [1.165, 1.54) is 42.6 Å². The Bertz CT molecular complexity index is 1090. The number of rotatable bonds is 7. The van der Waals surface area contributed by atoms with Gasteiger partial charge in [-0.05, 0) is 57.4 Å². The molecule has 196 valence electrons. The number of carbonyl (C=O) groups excluding carboxylic acids is 1. The van der Waals surface area contributed by atoms with Gasteiger partial charge in [-0.3, -0.25) is 0 Å². The van der Waals surface area contributed by atoms with Crippen molar-refractivity contribution < 1.29 is 14.3 Å². The second-order valence-corrected chi connectivity index (χ2v) is 10.3. The van der Waals surface area contributed by atoms with E-state index in [9.17, 15) is 4.79 Å². The number of hydrogen-bond donors (Lipinski definition) is 3. The maximum atomic E-state index is 12.9. The Hall–Kier alpha value is -2.59. The second kappa shape index (κ2) is 11.6. The lowest BCUT2D eigenvalue weighted by atomic mass is 9.91. The van der Waals surface area contributed by atoms with Crippen molar-refractivity contribution in [3.05, 3.63) is 28.4 Å². The summed E-state index contributed by atoms with van der Waals surface area (Å²) in [5.41, 5.74) is 2.90. The van der Waals surface area contributed by atoms with E-state index in [0.717, 1.165) is 44.3 Å². The van der Waals surface area contributed by atoms with Gasteiger partial charge in [-0.25, -0.2) is 14.1 Å². The Morgan fingerprint density at radius 2 is 1.69 bits per heavy atom. The molecule has 0 bridgehead atoms. The van der Waals surface area contributed by atoms with Gasteiger partial charge in [-0.1, -0.05) is 24.4 Å². The van der Waals surface area contributed by atoms with E-state index in [0.29, 0.717) is 28.2 Å². The Kier molecular flexibility index (Phi) is 8.56. The van der Waals surface area contributed by atoms with Crippen molar-refractivity contribution in [2.75, 3.05) is 42.8 Å². The minimum Gasteiger partial charge on any atom is -0.495 e. The summed E-state index contributed by atoms with van der Waals surface area (Å²) >= 11 is 10.7. The fraction of sp³-hybridized carbons (Fsp3) is 0.560. The third-order valence-corrected chi connectivity index (χ3v) is 7.54. The maximum Gasteiger partial charge on any atom is 0.332 e. The number of halogens is 1. The number of methoxy groups -OCH3 is 2. The highest BCUT2D eigenvalue weighted by Gasteiger charge is 2.27. The smallest absolute Gasteiger partial charge is 0.332 e. The van der Waals surface area contributed by atoms with Gasteiger partial charge in [0.05, 0.1) is 24.9 Å². The normalized spacial score (nSPS) is 19.2. The van der Waals surface area contributed by atoms with Crippen LogP contribution in [0, 0.1) is 0 Å². The van der Waals surface area contributed by atoms with Gasteiger partial charge in [0, 0.05) is 37.8 Å². The third kappa shape index (κ3) is 5.86. The quantitative estimate of drug-likeness (QED) is 0.436. The van der Waals surface area contributed by atoms with Crippen LogP contribution in [0.3, 0.4) is 0 Å². The second-order valence-electron chi connectivity index (χ2n) is 9.51. The van der Waals surface area contributed by atoms with E-state index in [-0.39, 0.29) is 18.1 Å². The first-order valence-corrected chi connectivity index (χ1v) is 13.1. The molecule has 2 aliphatic rings. The number of aryl methyl sites for hydroxylation is 1. The molecule has 2 amide bonds. The number of benzene rings is 1. The topological polar surface area (TPSA) is 91.8 Å². The molecule has 0 radical (unpaired) electrons. The molecule has 2 N–H and O–H groups in total. The fourth-order valence-corrected chi connectivity index (χ4v) is 5.38. The predicted octanol–water partition coefficient (Wildman–Crippen LogP) is 4.88. The van der Waals surface area contributed by atoms with Gasteiger partial charge in [0.1, 0.15) is 23.0 Å². The van der Waals surface area contributed by atoms with Gasteiger partial charge >= 0.3 is 6.03 Å². The van der Waals surface area contributed by atoms with Crippen LogP contribution >= 0.6 is 24.4 Å². The number of amides is 2. The van der Waals surface area contributed by atoms with Crippen LogP contribution in [0.5, 0.6) is 11.5 Å². The number of anilines is 3. The van der Waals surface area contributed by atoms with Crippen molar-refractivity contribution in [1.82, 2.24) is 15.3 Å². The summed E-state index contributed by atoms with van der Waals surface area (Å²) in [6.45, 7) is 0. The summed E-state index contributed by atoms with van der Waals surface area (Å²) in [5, 5.41) is 7.00. The Labute approximate surface area is 223 Å². The van der Waals surface area contributed by atoms with Crippen LogP contribution in [0.2, 0.25) is 5.02 Å². The van der Waals surface area contributed by atoms with E-state index in [1.54, 1.807) is 12.1 Å². The number of aromatic nitrogens is 2. The van der Waals surface area contributed by atoms with Crippen molar-refractivity contribution in [3.8, 4) is 11.5 Å².